The van der Waals surface area contributed by atoms with E-state index in [1.165, 1.54) is 0 Å². The highest BCUT2D eigenvalue weighted by atomic mass is 16.5. The first-order chi connectivity index (χ1) is 6.19. The van der Waals surface area contributed by atoms with Crippen LogP contribution < -0.4 is 4.74 Å². The lowest BCUT2D eigenvalue weighted by Gasteiger charge is -2.09. The molecule has 0 saturated carbocycles. The molecule has 70 valence electrons. The molecule has 0 saturated heterocycles. The Labute approximate surface area is 78.5 Å². The molecule has 0 aliphatic rings. The molecule has 0 aromatic carbocycles. The fourth-order valence-electron chi connectivity index (χ4n) is 1.07. The summed E-state index contributed by atoms with van der Waals surface area (Å²) in [6.45, 7) is 7.76. The molecule has 1 rings (SSSR count). The molecule has 3 heteroatoms. The maximum Gasteiger partial charge on any atom is 0.158 e. The van der Waals surface area contributed by atoms with E-state index in [2.05, 4.69) is 30.4 Å². The molecule has 1 aromatic heterocycles. The van der Waals surface area contributed by atoms with Crippen LogP contribution in [0.2, 0.25) is 0 Å². The maximum atomic E-state index is 5.15. The first-order valence-corrected chi connectivity index (χ1v) is 4.22. The number of methoxy groups -OCH3 is 1. The number of hydrogen-bond donors (Lipinski definition) is 0. The van der Waals surface area contributed by atoms with Gasteiger partial charge in [-0.25, -0.2) is 9.97 Å². The molecule has 0 unspecified atom stereocenters. The van der Waals surface area contributed by atoms with Gasteiger partial charge in [-0.15, -0.1) is 0 Å². The first kappa shape index (κ1) is 9.71. The predicted octanol–water partition coefficient (Wildman–Crippen LogP) is 2.25. The number of rotatable bonds is 3. The van der Waals surface area contributed by atoms with Crippen molar-refractivity contribution in [3.63, 3.8) is 0 Å². The Bertz CT molecular complexity index is 308. The van der Waals surface area contributed by atoms with Crippen molar-refractivity contribution in [1.29, 1.82) is 0 Å². The van der Waals surface area contributed by atoms with Crippen molar-refractivity contribution in [2.24, 2.45) is 0 Å². The van der Waals surface area contributed by atoms with E-state index in [0.29, 0.717) is 11.7 Å². The van der Waals surface area contributed by atoms with E-state index in [0.717, 1.165) is 11.4 Å². The Morgan fingerprint density at radius 3 is 2.69 bits per heavy atom. The molecule has 13 heavy (non-hydrogen) atoms. The minimum Gasteiger partial charge on any atom is -0.493 e. The summed E-state index contributed by atoms with van der Waals surface area (Å²) in [6, 6.07) is 0. The van der Waals surface area contributed by atoms with Crippen molar-refractivity contribution in [2.45, 2.75) is 19.8 Å². The third-order valence-corrected chi connectivity index (χ3v) is 1.75. The second-order valence-corrected chi connectivity index (χ2v) is 3.04. The minimum atomic E-state index is 0.330. The zero-order chi connectivity index (χ0) is 9.84. The zero-order valence-corrected chi connectivity index (χ0v) is 8.24. The van der Waals surface area contributed by atoms with Gasteiger partial charge in [0.15, 0.2) is 11.6 Å². The SMILES string of the molecule is C=Cc1ncc(OC)c(C(C)C)n1. The van der Waals surface area contributed by atoms with Gasteiger partial charge < -0.3 is 4.74 Å². The van der Waals surface area contributed by atoms with Gasteiger partial charge >= 0.3 is 0 Å². The van der Waals surface area contributed by atoms with Gasteiger partial charge in [0.05, 0.1) is 19.0 Å². The standard InChI is InChI=1S/C10H14N2O/c1-5-9-11-6-8(13-4)10(12-9)7(2)3/h5-7H,1H2,2-4H3. The molecule has 3 nitrogen and oxygen atoms in total. The molecule has 0 radical (unpaired) electrons. The first-order valence-electron chi connectivity index (χ1n) is 4.22. The quantitative estimate of drug-likeness (QED) is 0.712. The lowest BCUT2D eigenvalue weighted by atomic mass is 10.1. The van der Waals surface area contributed by atoms with E-state index < -0.39 is 0 Å². The summed E-state index contributed by atoms with van der Waals surface area (Å²) in [5.41, 5.74) is 0.924. The summed E-state index contributed by atoms with van der Waals surface area (Å²) >= 11 is 0. The number of ether oxygens (including phenoxy) is 1. The molecular formula is C10H14N2O. The van der Waals surface area contributed by atoms with Crippen LogP contribution >= 0.6 is 0 Å². The second-order valence-electron chi connectivity index (χ2n) is 3.04. The van der Waals surface area contributed by atoms with Gasteiger partial charge in [-0.05, 0) is 12.0 Å². The van der Waals surface area contributed by atoms with E-state index in [4.69, 9.17) is 4.74 Å². The van der Waals surface area contributed by atoms with Gasteiger partial charge in [0, 0.05) is 0 Å². The fraction of sp³-hybridized carbons (Fsp3) is 0.400. The monoisotopic (exact) mass is 178 g/mol. The zero-order valence-electron chi connectivity index (χ0n) is 8.24. The summed E-state index contributed by atoms with van der Waals surface area (Å²) in [5.74, 6) is 1.71. The second kappa shape index (κ2) is 4.03. The summed E-state index contributed by atoms with van der Waals surface area (Å²) in [6.07, 6.45) is 3.31. The van der Waals surface area contributed by atoms with E-state index >= 15 is 0 Å². The van der Waals surface area contributed by atoms with Crippen LogP contribution in [0.3, 0.4) is 0 Å². The summed E-state index contributed by atoms with van der Waals surface area (Å²) < 4.78 is 5.15. The molecule has 0 aliphatic heterocycles. The Balaban J connectivity index is 3.17. The van der Waals surface area contributed by atoms with Crippen LogP contribution in [0.1, 0.15) is 31.3 Å². The van der Waals surface area contributed by atoms with Crippen molar-refractivity contribution in [2.75, 3.05) is 7.11 Å². The van der Waals surface area contributed by atoms with Crippen LogP contribution in [0.4, 0.5) is 0 Å². The van der Waals surface area contributed by atoms with E-state index in [9.17, 15) is 0 Å². The van der Waals surface area contributed by atoms with Gasteiger partial charge in [0.2, 0.25) is 0 Å². The van der Waals surface area contributed by atoms with Gasteiger partial charge in [0.1, 0.15) is 0 Å². The average molecular weight is 178 g/mol. The highest BCUT2D eigenvalue weighted by Gasteiger charge is 2.09. The minimum absolute atomic E-state index is 0.330. The molecule has 0 aliphatic carbocycles. The van der Waals surface area contributed by atoms with Crippen molar-refractivity contribution in [1.82, 2.24) is 9.97 Å². The van der Waals surface area contributed by atoms with Gasteiger partial charge in [-0.3, -0.25) is 0 Å². The predicted molar refractivity (Wildman–Crippen MR) is 52.8 cm³/mol. The van der Waals surface area contributed by atoms with Crippen LogP contribution in [-0.4, -0.2) is 17.1 Å². The topological polar surface area (TPSA) is 35.0 Å². The Morgan fingerprint density at radius 1 is 1.54 bits per heavy atom. The smallest absolute Gasteiger partial charge is 0.158 e. The van der Waals surface area contributed by atoms with Crippen molar-refractivity contribution < 1.29 is 4.74 Å². The van der Waals surface area contributed by atoms with Crippen molar-refractivity contribution in [3.05, 3.63) is 24.3 Å². The third kappa shape index (κ3) is 2.05. The van der Waals surface area contributed by atoms with Crippen LogP contribution in [0.15, 0.2) is 12.8 Å². The summed E-state index contributed by atoms with van der Waals surface area (Å²) in [5, 5.41) is 0. The molecule has 0 N–H and O–H groups in total. The average Bonchev–Trinajstić information content (AvgIpc) is 2.16. The molecular weight excluding hydrogens is 164 g/mol. The largest absolute Gasteiger partial charge is 0.493 e. The van der Waals surface area contributed by atoms with Crippen LogP contribution in [0.25, 0.3) is 6.08 Å². The fourth-order valence-corrected chi connectivity index (χ4v) is 1.07. The van der Waals surface area contributed by atoms with Crippen LogP contribution in [0.5, 0.6) is 5.75 Å². The number of nitrogens with zero attached hydrogens (tertiary/aromatic N) is 2. The highest BCUT2D eigenvalue weighted by molar-refractivity contribution is 5.39. The lowest BCUT2D eigenvalue weighted by Crippen LogP contribution is -2.01. The molecule has 0 atom stereocenters. The Hall–Kier alpha value is -1.38. The summed E-state index contributed by atoms with van der Waals surface area (Å²) in [7, 11) is 1.62. The Kier molecular flexibility index (Phi) is 3.01. The van der Waals surface area contributed by atoms with E-state index in [1.54, 1.807) is 19.4 Å². The lowest BCUT2D eigenvalue weighted by molar-refractivity contribution is 0.401. The van der Waals surface area contributed by atoms with Gasteiger partial charge in [0.25, 0.3) is 0 Å². The molecule has 0 spiro atoms. The van der Waals surface area contributed by atoms with Crippen molar-refractivity contribution >= 4 is 6.08 Å². The maximum absolute atomic E-state index is 5.15. The third-order valence-electron chi connectivity index (χ3n) is 1.75. The molecule has 0 bridgehead atoms. The molecule has 0 fully saturated rings. The normalized spacial score (nSPS) is 10.2. The Morgan fingerprint density at radius 2 is 2.23 bits per heavy atom. The molecule has 1 heterocycles. The van der Waals surface area contributed by atoms with Crippen LogP contribution in [0, 0.1) is 0 Å². The van der Waals surface area contributed by atoms with Gasteiger partial charge in [-0.1, -0.05) is 20.4 Å². The van der Waals surface area contributed by atoms with Crippen LogP contribution in [-0.2, 0) is 0 Å². The number of aromatic nitrogens is 2. The highest BCUT2D eigenvalue weighted by Crippen LogP contribution is 2.22. The summed E-state index contributed by atoms with van der Waals surface area (Å²) in [4.78, 5) is 8.36. The molecule has 1 aromatic rings. The van der Waals surface area contributed by atoms with Crippen molar-refractivity contribution in [3.8, 4) is 5.75 Å². The molecule has 0 amide bonds. The number of hydrogen-bond acceptors (Lipinski definition) is 3. The van der Waals surface area contributed by atoms with Gasteiger partial charge in [-0.2, -0.15) is 0 Å². The van der Waals surface area contributed by atoms with E-state index in [1.807, 2.05) is 0 Å². The van der Waals surface area contributed by atoms with E-state index in [-0.39, 0.29) is 0 Å².